The molecule has 2 rings (SSSR count). The zero-order chi connectivity index (χ0) is 7.52. The summed E-state index contributed by atoms with van der Waals surface area (Å²) in [6, 6.07) is 0. The Bertz CT molecular complexity index is 267. The Hall–Kier alpha value is -1.65. The van der Waals surface area contributed by atoms with E-state index in [0.29, 0.717) is 6.54 Å². The SMILES string of the molecule is c1ncn(Cc2cnoc2)n1. The van der Waals surface area contributed by atoms with E-state index in [9.17, 15) is 0 Å². The maximum Gasteiger partial charge on any atom is 0.137 e. The van der Waals surface area contributed by atoms with Crippen LogP contribution in [0.25, 0.3) is 0 Å². The summed E-state index contributed by atoms with van der Waals surface area (Å²) in [5.74, 6) is 0. The fraction of sp³-hybridized carbons (Fsp3) is 0.167. The Morgan fingerprint density at radius 2 is 2.55 bits per heavy atom. The highest BCUT2D eigenvalue weighted by Gasteiger charge is 1.96. The number of nitrogens with zero attached hydrogens (tertiary/aromatic N) is 4. The fourth-order valence-electron chi connectivity index (χ4n) is 0.806. The zero-order valence-corrected chi connectivity index (χ0v) is 5.71. The third-order valence-electron chi connectivity index (χ3n) is 1.29. The first kappa shape index (κ1) is 6.09. The summed E-state index contributed by atoms with van der Waals surface area (Å²) in [6.07, 6.45) is 6.38. The van der Waals surface area contributed by atoms with Crippen molar-refractivity contribution in [2.75, 3.05) is 0 Å². The predicted molar refractivity (Wildman–Crippen MR) is 35.6 cm³/mol. The Labute approximate surface area is 62.6 Å². The molecule has 0 aliphatic heterocycles. The highest BCUT2D eigenvalue weighted by atomic mass is 16.5. The van der Waals surface area contributed by atoms with Crippen molar-refractivity contribution in [2.45, 2.75) is 6.54 Å². The molecule has 0 aliphatic rings. The van der Waals surface area contributed by atoms with E-state index in [1.54, 1.807) is 23.5 Å². The van der Waals surface area contributed by atoms with Crippen molar-refractivity contribution < 1.29 is 4.52 Å². The minimum Gasteiger partial charge on any atom is -0.364 e. The minimum atomic E-state index is 0.656. The molecule has 0 aliphatic carbocycles. The number of hydrogen-bond acceptors (Lipinski definition) is 4. The number of aromatic nitrogens is 4. The topological polar surface area (TPSA) is 56.7 Å². The normalized spacial score (nSPS) is 10.2. The second-order valence-electron chi connectivity index (χ2n) is 2.13. The number of hydrogen-bond donors (Lipinski definition) is 0. The van der Waals surface area contributed by atoms with E-state index in [2.05, 4.69) is 19.8 Å². The van der Waals surface area contributed by atoms with Gasteiger partial charge in [-0.25, -0.2) is 9.67 Å². The van der Waals surface area contributed by atoms with Crippen LogP contribution in [0.5, 0.6) is 0 Å². The van der Waals surface area contributed by atoms with Crippen LogP contribution >= 0.6 is 0 Å². The second-order valence-corrected chi connectivity index (χ2v) is 2.13. The van der Waals surface area contributed by atoms with Crippen LogP contribution in [0.3, 0.4) is 0 Å². The van der Waals surface area contributed by atoms with Gasteiger partial charge in [0.2, 0.25) is 0 Å². The molecule has 11 heavy (non-hydrogen) atoms. The lowest BCUT2D eigenvalue weighted by molar-refractivity contribution is 0.418. The lowest BCUT2D eigenvalue weighted by Crippen LogP contribution is -1.97. The van der Waals surface area contributed by atoms with Gasteiger partial charge in [-0.05, 0) is 0 Å². The van der Waals surface area contributed by atoms with Crippen LogP contribution in [0.2, 0.25) is 0 Å². The molecular formula is C6H6N4O. The van der Waals surface area contributed by atoms with Gasteiger partial charge >= 0.3 is 0 Å². The largest absolute Gasteiger partial charge is 0.364 e. The molecule has 0 radical (unpaired) electrons. The van der Waals surface area contributed by atoms with Crippen molar-refractivity contribution in [3.63, 3.8) is 0 Å². The van der Waals surface area contributed by atoms with Crippen LogP contribution in [0, 0.1) is 0 Å². The van der Waals surface area contributed by atoms with Gasteiger partial charge in [0.25, 0.3) is 0 Å². The monoisotopic (exact) mass is 150 g/mol. The van der Waals surface area contributed by atoms with Crippen LogP contribution in [0.1, 0.15) is 5.56 Å². The van der Waals surface area contributed by atoms with Crippen molar-refractivity contribution >= 4 is 0 Å². The standard InChI is InChI=1S/C6H6N4O/c1-6(3-11-9-1)2-10-5-7-4-8-10/h1,3-5H,2H2. The smallest absolute Gasteiger partial charge is 0.137 e. The lowest BCUT2D eigenvalue weighted by Gasteiger charge is -1.92. The predicted octanol–water partition coefficient (Wildman–Crippen LogP) is 0.314. The van der Waals surface area contributed by atoms with Crippen LogP contribution in [0.4, 0.5) is 0 Å². The maximum absolute atomic E-state index is 4.65. The first-order valence-electron chi connectivity index (χ1n) is 3.16. The molecule has 0 unspecified atom stereocenters. The molecule has 0 spiro atoms. The molecule has 2 heterocycles. The molecule has 0 atom stereocenters. The summed E-state index contributed by atoms with van der Waals surface area (Å²) in [5, 5.41) is 7.49. The average Bonchev–Trinajstić information content (AvgIpc) is 2.60. The first-order valence-corrected chi connectivity index (χ1v) is 3.16. The van der Waals surface area contributed by atoms with E-state index in [0.717, 1.165) is 5.56 Å². The van der Waals surface area contributed by atoms with Gasteiger partial charge in [-0.2, -0.15) is 5.10 Å². The van der Waals surface area contributed by atoms with Gasteiger partial charge in [0.05, 0.1) is 12.7 Å². The molecule has 0 bridgehead atoms. The minimum absolute atomic E-state index is 0.656. The summed E-state index contributed by atoms with van der Waals surface area (Å²) in [7, 11) is 0. The van der Waals surface area contributed by atoms with E-state index in [-0.39, 0.29) is 0 Å². The van der Waals surface area contributed by atoms with Gasteiger partial charge in [-0.3, -0.25) is 0 Å². The molecule has 5 nitrogen and oxygen atoms in total. The van der Waals surface area contributed by atoms with Crippen LogP contribution in [-0.4, -0.2) is 19.9 Å². The number of rotatable bonds is 2. The van der Waals surface area contributed by atoms with E-state index >= 15 is 0 Å². The van der Waals surface area contributed by atoms with Crippen molar-refractivity contribution in [1.29, 1.82) is 0 Å². The van der Waals surface area contributed by atoms with Crippen molar-refractivity contribution in [3.8, 4) is 0 Å². The molecule has 0 fully saturated rings. The quantitative estimate of drug-likeness (QED) is 0.618. The molecule has 2 aromatic rings. The highest BCUT2D eigenvalue weighted by molar-refractivity contribution is 4.99. The summed E-state index contributed by atoms with van der Waals surface area (Å²) in [5.41, 5.74) is 0.982. The van der Waals surface area contributed by atoms with Gasteiger partial charge in [-0.1, -0.05) is 5.16 Å². The van der Waals surface area contributed by atoms with Crippen molar-refractivity contribution in [3.05, 3.63) is 30.7 Å². The molecule has 56 valence electrons. The second kappa shape index (κ2) is 2.53. The van der Waals surface area contributed by atoms with Gasteiger partial charge < -0.3 is 4.52 Å². The molecular weight excluding hydrogens is 144 g/mol. The van der Waals surface area contributed by atoms with Gasteiger partial charge in [0.1, 0.15) is 18.9 Å². The van der Waals surface area contributed by atoms with Crippen molar-refractivity contribution in [1.82, 2.24) is 19.9 Å². The van der Waals surface area contributed by atoms with Gasteiger partial charge in [0, 0.05) is 5.56 Å². The molecule has 0 saturated heterocycles. The van der Waals surface area contributed by atoms with E-state index in [4.69, 9.17) is 0 Å². The molecule has 0 saturated carbocycles. The summed E-state index contributed by atoms with van der Waals surface area (Å²) >= 11 is 0. The van der Waals surface area contributed by atoms with Crippen molar-refractivity contribution in [2.24, 2.45) is 0 Å². The molecule has 0 N–H and O–H groups in total. The van der Waals surface area contributed by atoms with E-state index < -0.39 is 0 Å². The first-order chi connectivity index (χ1) is 5.45. The Morgan fingerprint density at radius 1 is 1.55 bits per heavy atom. The average molecular weight is 150 g/mol. The fourth-order valence-corrected chi connectivity index (χ4v) is 0.806. The molecule has 0 amide bonds. The van der Waals surface area contributed by atoms with Gasteiger partial charge in [-0.15, -0.1) is 0 Å². The summed E-state index contributed by atoms with van der Waals surface area (Å²) in [6.45, 7) is 0.656. The van der Waals surface area contributed by atoms with Gasteiger partial charge in [0.15, 0.2) is 0 Å². The van der Waals surface area contributed by atoms with Crippen LogP contribution in [-0.2, 0) is 6.54 Å². The highest BCUT2D eigenvalue weighted by Crippen LogP contribution is 1.97. The van der Waals surface area contributed by atoms with Crippen LogP contribution < -0.4 is 0 Å². The van der Waals surface area contributed by atoms with Crippen LogP contribution in [0.15, 0.2) is 29.6 Å². The van der Waals surface area contributed by atoms with E-state index in [1.165, 1.54) is 6.33 Å². The third-order valence-corrected chi connectivity index (χ3v) is 1.29. The molecule has 2 aromatic heterocycles. The molecule has 0 aromatic carbocycles. The summed E-state index contributed by atoms with van der Waals surface area (Å²) in [4.78, 5) is 3.80. The maximum atomic E-state index is 4.65. The summed E-state index contributed by atoms with van der Waals surface area (Å²) < 4.78 is 6.35. The Morgan fingerprint density at radius 3 is 3.18 bits per heavy atom. The Balaban J connectivity index is 2.14. The zero-order valence-electron chi connectivity index (χ0n) is 5.71. The van der Waals surface area contributed by atoms with E-state index in [1.807, 2.05) is 0 Å². The third kappa shape index (κ3) is 1.26. The molecule has 5 heteroatoms. The Kier molecular flexibility index (Phi) is 1.40. The lowest BCUT2D eigenvalue weighted by atomic mass is 10.4.